The fraction of sp³-hybridized carbons (Fsp3) is 0.818. The van der Waals surface area contributed by atoms with E-state index >= 15 is 0 Å². The van der Waals surface area contributed by atoms with E-state index in [1.165, 1.54) is 6.92 Å². The molecule has 0 aliphatic heterocycles. The quantitative estimate of drug-likeness (QED) is 0.614. The molecule has 0 fully saturated rings. The van der Waals surface area contributed by atoms with E-state index < -0.39 is 35.7 Å². The summed E-state index contributed by atoms with van der Waals surface area (Å²) in [5, 5.41) is 9.42. The Bertz CT molecular complexity index is 348. The summed E-state index contributed by atoms with van der Waals surface area (Å²) in [6.45, 7) is 3.49. The zero-order valence-electron chi connectivity index (χ0n) is 10.9. The highest BCUT2D eigenvalue weighted by Gasteiger charge is 2.80. The van der Waals surface area contributed by atoms with Gasteiger partial charge in [0.25, 0.3) is 0 Å². The number of hydrogen-bond acceptors (Lipinski definition) is 2. The zero-order valence-corrected chi connectivity index (χ0v) is 10.9. The maximum Gasteiger partial charge on any atom is 0.444 e. The Morgan fingerprint density at radius 2 is 1.58 bits per heavy atom. The average Bonchev–Trinajstić information content (AvgIpc) is 2.25. The van der Waals surface area contributed by atoms with Crippen molar-refractivity contribution in [3.63, 3.8) is 0 Å². The molecule has 0 saturated carbocycles. The first-order chi connectivity index (χ1) is 8.27. The first kappa shape index (κ1) is 18.1. The molecule has 0 aliphatic carbocycles. The third kappa shape index (κ3) is 2.98. The van der Waals surface area contributed by atoms with Gasteiger partial charge in [-0.1, -0.05) is 6.92 Å². The smallest absolute Gasteiger partial charge is 0.435 e. The van der Waals surface area contributed by atoms with Crippen LogP contribution in [0.4, 0.5) is 26.3 Å². The van der Waals surface area contributed by atoms with Crippen LogP contribution in [0, 0.1) is 0 Å². The van der Waals surface area contributed by atoms with Crippen molar-refractivity contribution in [2.45, 2.75) is 57.7 Å². The fourth-order valence-electron chi connectivity index (χ4n) is 1.36. The van der Waals surface area contributed by atoms with Crippen LogP contribution in [-0.4, -0.2) is 28.7 Å². The van der Waals surface area contributed by atoms with Gasteiger partial charge in [-0.05, 0) is 33.3 Å². The normalized spacial score (nSPS) is 20.7. The second-order valence-corrected chi connectivity index (χ2v) is 4.30. The Balaban J connectivity index is 5.89. The monoisotopic (exact) mass is 294 g/mol. The van der Waals surface area contributed by atoms with Crippen molar-refractivity contribution in [2.24, 2.45) is 0 Å². The third-order valence-corrected chi connectivity index (χ3v) is 2.92. The second kappa shape index (κ2) is 5.22. The minimum atomic E-state index is -6.01. The highest BCUT2D eigenvalue weighted by Crippen LogP contribution is 2.53. The molecule has 0 aromatic rings. The lowest BCUT2D eigenvalue weighted by atomic mass is 9.82. The van der Waals surface area contributed by atoms with Gasteiger partial charge in [-0.2, -0.15) is 22.0 Å². The lowest BCUT2D eigenvalue weighted by Gasteiger charge is -2.42. The maximum absolute atomic E-state index is 14.1. The molecule has 0 saturated heterocycles. The molecule has 0 aliphatic rings. The van der Waals surface area contributed by atoms with Crippen LogP contribution in [0.1, 0.15) is 34.1 Å². The highest BCUT2D eigenvalue weighted by molar-refractivity contribution is 5.09. The Morgan fingerprint density at radius 1 is 1.16 bits per heavy atom. The molecular formula is C11H16F6O2. The van der Waals surface area contributed by atoms with E-state index in [2.05, 4.69) is 4.74 Å². The number of alkyl halides is 6. The zero-order chi connectivity index (χ0) is 15.7. The van der Waals surface area contributed by atoms with Gasteiger partial charge in [-0.25, -0.2) is 4.39 Å². The SMILES string of the molecule is C/C=C(\C)OC(F)(F)C(F)(C(F)(F)F)C(C)(O)CC. The summed E-state index contributed by atoms with van der Waals surface area (Å²) >= 11 is 0. The van der Waals surface area contributed by atoms with Gasteiger partial charge in [0.15, 0.2) is 0 Å². The molecule has 2 unspecified atom stereocenters. The van der Waals surface area contributed by atoms with Gasteiger partial charge in [0.1, 0.15) is 5.60 Å². The van der Waals surface area contributed by atoms with E-state index in [1.54, 1.807) is 0 Å². The van der Waals surface area contributed by atoms with E-state index in [4.69, 9.17) is 0 Å². The molecule has 0 aromatic carbocycles. The predicted octanol–water partition coefficient (Wildman–Crippen LogP) is 3.95. The molecule has 0 spiro atoms. The number of halogens is 6. The number of rotatable bonds is 5. The van der Waals surface area contributed by atoms with E-state index in [9.17, 15) is 31.4 Å². The van der Waals surface area contributed by atoms with E-state index in [1.807, 2.05) is 0 Å². The van der Waals surface area contributed by atoms with Gasteiger partial charge >= 0.3 is 18.0 Å². The molecule has 1 N–H and O–H groups in total. The molecular weight excluding hydrogens is 278 g/mol. The summed E-state index contributed by atoms with van der Waals surface area (Å²) in [6, 6.07) is 0. The molecule has 0 rings (SSSR count). The second-order valence-electron chi connectivity index (χ2n) is 4.30. The predicted molar refractivity (Wildman–Crippen MR) is 56.3 cm³/mol. The van der Waals surface area contributed by atoms with Crippen molar-refractivity contribution in [2.75, 3.05) is 0 Å². The van der Waals surface area contributed by atoms with Crippen LogP contribution in [0.2, 0.25) is 0 Å². The standard InChI is InChI=1S/C11H16F6O2/c1-5-7(3)19-11(16,17)9(12,10(13,14)15)8(4,18)6-2/h5,18H,6H2,1-4H3/b7-5+. The summed E-state index contributed by atoms with van der Waals surface area (Å²) in [5.74, 6) is -0.594. The van der Waals surface area contributed by atoms with Gasteiger partial charge in [-0.15, -0.1) is 0 Å². The van der Waals surface area contributed by atoms with E-state index in [0.29, 0.717) is 6.92 Å². The molecule has 0 aromatic heterocycles. The van der Waals surface area contributed by atoms with Crippen molar-refractivity contribution in [3.05, 3.63) is 11.8 Å². The summed E-state index contributed by atoms with van der Waals surface area (Å²) in [4.78, 5) is 0. The van der Waals surface area contributed by atoms with Crippen LogP contribution in [0.15, 0.2) is 11.8 Å². The lowest BCUT2D eigenvalue weighted by molar-refractivity contribution is -0.409. The summed E-state index contributed by atoms with van der Waals surface area (Å²) in [7, 11) is 0. The molecule has 0 bridgehead atoms. The molecule has 0 radical (unpaired) electrons. The Kier molecular flexibility index (Phi) is 4.97. The average molecular weight is 294 g/mol. The Morgan fingerprint density at radius 3 is 1.84 bits per heavy atom. The number of ether oxygens (including phenoxy) is 1. The number of allylic oxidation sites excluding steroid dienone is 2. The van der Waals surface area contributed by atoms with E-state index in [0.717, 1.165) is 19.9 Å². The topological polar surface area (TPSA) is 29.5 Å². The van der Waals surface area contributed by atoms with Crippen LogP contribution in [-0.2, 0) is 4.74 Å². The van der Waals surface area contributed by atoms with Crippen LogP contribution in [0.3, 0.4) is 0 Å². The minimum Gasteiger partial charge on any atom is -0.435 e. The number of hydrogen-bond donors (Lipinski definition) is 1. The van der Waals surface area contributed by atoms with Crippen molar-refractivity contribution in [1.82, 2.24) is 0 Å². The highest BCUT2D eigenvalue weighted by atomic mass is 19.4. The van der Waals surface area contributed by atoms with E-state index in [-0.39, 0.29) is 0 Å². The molecule has 0 amide bonds. The van der Waals surface area contributed by atoms with Crippen LogP contribution in [0.5, 0.6) is 0 Å². The molecule has 2 nitrogen and oxygen atoms in total. The Hall–Kier alpha value is -0.920. The van der Waals surface area contributed by atoms with Gasteiger partial charge in [0.2, 0.25) is 0 Å². The summed E-state index contributed by atoms with van der Waals surface area (Å²) < 4.78 is 83.1. The Labute approximate surface area is 107 Å². The largest absolute Gasteiger partial charge is 0.444 e. The molecule has 2 atom stereocenters. The van der Waals surface area contributed by atoms with Gasteiger partial charge < -0.3 is 9.84 Å². The van der Waals surface area contributed by atoms with Crippen molar-refractivity contribution in [3.8, 4) is 0 Å². The van der Waals surface area contributed by atoms with Gasteiger partial charge in [0.05, 0.1) is 5.76 Å². The van der Waals surface area contributed by atoms with Gasteiger partial charge in [-0.3, -0.25) is 0 Å². The summed E-state index contributed by atoms with van der Waals surface area (Å²) in [5.41, 5.74) is -8.57. The first-order valence-corrected chi connectivity index (χ1v) is 5.44. The van der Waals surface area contributed by atoms with Gasteiger partial charge in [0, 0.05) is 0 Å². The van der Waals surface area contributed by atoms with Crippen LogP contribution in [0.25, 0.3) is 0 Å². The maximum atomic E-state index is 14.1. The van der Waals surface area contributed by atoms with Crippen LogP contribution >= 0.6 is 0 Å². The molecule has 8 heteroatoms. The molecule has 19 heavy (non-hydrogen) atoms. The number of aliphatic hydroxyl groups is 1. The summed E-state index contributed by atoms with van der Waals surface area (Å²) in [6.07, 6.45) is -11.2. The third-order valence-electron chi connectivity index (χ3n) is 2.92. The van der Waals surface area contributed by atoms with Crippen molar-refractivity contribution >= 4 is 0 Å². The molecule has 114 valence electrons. The fourth-order valence-corrected chi connectivity index (χ4v) is 1.36. The lowest BCUT2D eigenvalue weighted by Crippen LogP contribution is -2.68. The first-order valence-electron chi connectivity index (χ1n) is 5.44. The van der Waals surface area contributed by atoms with Crippen molar-refractivity contribution in [1.29, 1.82) is 0 Å². The molecule has 0 heterocycles. The van der Waals surface area contributed by atoms with Crippen LogP contribution < -0.4 is 0 Å². The minimum absolute atomic E-state index is 0.350. The van der Waals surface area contributed by atoms with Crippen molar-refractivity contribution < 1.29 is 36.2 Å².